The number of benzene rings is 3. The van der Waals surface area contributed by atoms with E-state index in [1.165, 1.54) is 0 Å². The minimum atomic E-state index is -3.44. The number of ether oxygens (including phenoxy) is 2. The van der Waals surface area contributed by atoms with Crippen molar-refractivity contribution in [2.45, 2.75) is 26.1 Å². The molecule has 228 valence electrons. The van der Waals surface area contributed by atoms with Gasteiger partial charge in [0.2, 0.25) is 11.8 Å². The fourth-order valence-corrected chi connectivity index (χ4v) is 6.02. The molecule has 6 rings (SSSR count). The third-order valence-electron chi connectivity index (χ3n) is 7.85. The Morgan fingerprint density at radius 1 is 0.818 bits per heavy atom. The molecule has 3 heterocycles. The Balaban J connectivity index is 1.29. The zero-order valence-corrected chi connectivity index (χ0v) is 25.7. The number of para-hydroxylation sites is 1. The maximum atomic E-state index is 11.4. The largest absolute Gasteiger partial charge is 0.473 e. The van der Waals surface area contributed by atoms with Crippen LogP contribution in [-0.2, 0) is 34.6 Å². The van der Waals surface area contributed by atoms with Crippen LogP contribution >= 0.6 is 0 Å². The monoisotopic (exact) mass is 612 g/mol. The van der Waals surface area contributed by atoms with Gasteiger partial charge in [-0.2, -0.15) is 18.5 Å². The van der Waals surface area contributed by atoms with Crippen LogP contribution in [0.1, 0.15) is 24.0 Å². The minimum Gasteiger partial charge on any atom is -0.473 e. The lowest BCUT2D eigenvalue weighted by Crippen LogP contribution is -2.35. The first-order valence-electron chi connectivity index (χ1n) is 14.7. The van der Waals surface area contributed by atoms with Crippen LogP contribution in [0.25, 0.3) is 22.2 Å². The molecule has 5 aromatic rings. The van der Waals surface area contributed by atoms with Crippen molar-refractivity contribution in [1.82, 2.24) is 14.8 Å². The first-order valence-corrected chi connectivity index (χ1v) is 16.6. The smallest absolute Gasteiger partial charge is 0.264 e. The molecule has 1 fully saturated rings. The summed E-state index contributed by atoms with van der Waals surface area (Å²) in [6, 6.07) is 30.1. The number of fused-ring (bicyclic) bond motifs is 1. The summed E-state index contributed by atoms with van der Waals surface area (Å²) in [6.07, 6.45) is 2.80. The van der Waals surface area contributed by atoms with E-state index >= 15 is 0 Å². The highest BCUT2D eigenvalue weighted by Gasteiger charge is 2.25. The highest BCUT2D eigenvalue weighted by molar-refractivity contribution is 7.85. The molecule has 0 amide bonds. The van der Waals surface area contributed by atoms with Gasteiger partial charge in [-0.25, -0.2) is 0 Å². The summed E-state index contributed by atoms with van der Waals surface area (Å²) in [5.74, 6) is 1.14. The number of hydrogen-bond acceptors (Lipinski definition) is 8. The average Bonchev–Trinajstić information content (AvgIpc) is 3.39. The van der Waals surface area contributed by atoms with E-state index in [1.807, 2.05) is 84.5 Å². The summed E-state index contributed by atoms with van der Waals surface area (Å²) < 4.78 is 42.3. The summed E-state index contributed by atoms with van der Waals surface area (Å²) in [5.41, 5.74) is 5.77. The quantitative estimate of drug-likeness (QED) is 0.168. The molecule has 0 spiro atoms. The second-order valence-corrected chi connectivity index (χ2v) is 12.8. The van der Waals surface area contributed by atoms with Crippen molar-refractivity contribution >= 4 is 26.7 Å². The van der Waals surface area contributed by atoms with Gasteiger partial charge in [-0.05, 0) is 42.0 Å². The average molecular weight is 613 g/mol. The highest BCUT2D eigenvalue weighted by Crippen LogP contribution is 2.39. The van der Waals surface area contributed by atoms with E-state index in [2.05, 4.69) is 23.1 Å². The van der Waals surface area contributed by atoms with Crippen molar-refractivity contribution in [3.8, 4) is 23.0 Å². The summed E-state index contributed by atoms with van der Waals surface area (Å²) >= 11 is 0. The van der Waals surface area contributed by atoms with E-state index in [-0.39, 0.29) is 12.5 Å². The van der Waals surface area contributed by atoms with Crippen LogP contribution in [0.15, 0.2) is 91.0 Å². The van der Waals surface area contributed by atoms with E-state index in [4.69, 9.17) is 23.7 Å². The molecular weight excluding hydrogens is 576 g/mol. The first-order chi connectivity index (χ1) is 21.3. The standard InChI is InChI=1S/C34H36N4O5S/c1-37-33-28(14-9-15-30(33)38-20-18-27(19-21-38)24-43-44(2,39)40)32(36-37)29-16-17-31(41-22-25-10-5-3-6-11-25)35-34(29)42-23-26-12-7-4-8-13-26/h3-17,27H,18-24H2,1-2H3. The molecule has 0 saturated carbocycles. The summed E-state index contributed by atoms with van der Waals surface area (Å²) in [6.45, 7) is 2.60. The van der Waals surface area contributed by atoms with Gasteiger partial charge in [-0.1, -0.05) is 72.8 Å². The molecule has 1 aliphatic heterocycles. The van der Waals surface area contributed by atoms with Gasteiger partial charge in [0, 0.05) is 31.6 Å². The van der Waals surface area contributed by atoms with Crippen molar-refractivity contribution in [1.29, 1.82) is 0 Å². The lowest BCUT2D eigenvalue weighted by molar-refractivity contribution is 0.230. The third-order valence-corrected chi connectivity index (χ3v) is 8.42. The van der Waals surface area contributed by atoms with Gasteiger partial charge in [0.15, 0.2) is 0 Å². The molecule has 0 unspecified atom stereocenters. The van der Waals surface area contributed by atoms with Gasteiger partial charge < -0.3 is 14.4 Å². The van der Waals surface area contributed by atoms with Crippen LogP contribution < -0.4 is 14.4 Å². The van der Waals surface area contributed by atoms with Crippen LogP contribution in [-0.4, -0.2) is 49.1 Å². The van der Waals surface area contributed by atoms with Crippen LogP contribution in [0, 0.1) is 5.92 Å². The Bertz CT molecular complexity index is 1820. The van der Waals surface area contributed by atoms with E-state index < -0.39 is 10.1 Å². The van der Waals surface area contributed by atoms with Crippen molar-refractivity contribution in [2.24, 2.45) is 13.0 Å². The number of nitrogens with zero attached hydrogens (tertiary/aromatic N) is 4. The summed E-state index contributed by atoms with van der Waals surface area (Å²) in [7, 11) is -1.48. The molecule has 0 aliphatic carbocycles. The van der Waals surface area contributed by atoms with Gasteiger partial charge in [0.1, 0.15) is 18.9 Å². The number of pyridine rings is 1. The fraction of sp³-hybridized carbons (Fsp3) is 0.294. The Kier molecular flexibility index (Phi) is 8.81. The van der Waals surface area contributed by atoms with Gasteiger partial charge in [0.05, 0.1) is 29.6 Å². The van der Waals surface area contributed by atoms with Gasteiger partial charge >= 0.3 is 0 Å². The number of rotatable bonds is 11. The summed E-state index contributed by atoms with van der Waals surface area (Å²) in [5, 5.41) is 5.97. The first kappa shape index (κ1) is 29.7. The van der Waals surface area contributed by atoms with E-state index in [0.717, 1.165) is 71.2 Å². The lowest BCUT2D eigenvalue weighted by Gasteiger charge is -2.33. The Hall–Kier alpha value is -4.41. The van der Waals surface area contributed by atoms with Gasteiger partial charge in [0.25, 0.3) is 10.1 Å². The molecule has 1 saturated heterocycles. The van der Waals surface area contributed by atoms with Crippen LogP contribution in [0.5, 0.6) is 11.8 Å². The van der Waals surface area contributed by atoms with E-state index in [9.17, 15) is 8.42 Å². The lowest BCUT2D eigenvalue weighted by atomic mass is 9.97. The molecule has 0 bridgehead atoms. The molecule has 0 radical (unpaired) electrons. The molecule has 2 aromatic heterocycles. The van der Waals surface area contributed by atoms with Gasteiger partial charge in [-0.3, -0.25) is 8.86 Å². The van der Waals surface area contributed by atoms with Crippen molar-refractivity contribution in [3.05, 3.63) is 102 Å². The number of aromatic nitrogens is 3. The molecule has 10 heteroatoms. The Labute approximate surface area is 258 Å². The zero-order chi connectivity index (χ0) is 30.5. The topological polar surface area (TPSA) is 95.8 Å². The molecule has 44 heavy (non-hydrogen) atoms. The predicted octanol–water partition coefficient (Wildman–Crippen LogP) is 5.99. The maximum Gasteiger partial charge on any atom is 0.264 e. The molecule has 1 aliphatic rings. The molecular formula is C34H36N4O5S. The maximum absolute atomic E-state index is 11.4. The SMILES string of the molecule is Cn1nc(-c2ccc(OCc3ccccc3)nc2OCc2ccccc2)c2cccc(N3CCC(COS(C)(=O)=O)CC3)c21. The number of hydrogen-bond donors (Lipinski definition) is 0. The van der Waals surface area contributed by atoms with Crippen molar-refractivity contribution in [3.63, 3.8) is 0 Å². The van der Waals surface area contributed by atoms with E-state index in [1.54, 1.807) is 0 Å². The number of piperidine rings is 1. The van der Waals surface area contributed by atoms with Crippen LogP contribution in [0.2, 0.25) is 0 Å². The van der Waals surface area contributed by atoms with E-state index in [0.29, 0.717) is 25.0 Å². The molecule has 0 atom stereocenters. The van der Waals surface area contributed by atoms with Crippen LogP contribution in [0.4, 0.5) is 5.69 Å². The number of anilines is 1. The zero-order valence-electron chi connectivity index (χ0n) is 24.9. The van der Waals surface area contributed by atoms with Crippen LogP contribution in [0.3, 0.4) is 0 Å². The predicted molar refractivity (Wildman–Crippen MR) is 171 cm³/mol. The molecule has 9 nitrogen and oxygen atoms in total. The Morgan fingerprint density at radius 3 is 2.14 bits per heavy atom. The number of aryl methyl sites for hydroxylation is 1. The highest BCUT2D eigenvalue weighted by atomic mass is 32.2. The van der Waals surface area contributed by atoms with Crippen molar-refractivity contribution in [2.75, 3.05) is 30.9 Å². The normalized spacial score (nSPS) is 14.2. The van der Waals surface area contributed by atoms with Gasteiger partial charge in [-0.15, -0.1) is 0 Å². The molecule has 0 N–H and O–H groups in total. The minimum absolute atomic E-state index is 0.209. The van der Waals surface area contributed by atoms with Crippen molar-refractivity contribution < 1.29 is 22.1 Å². The molecule has 3 aromatic carbocycles. The fourth-order valence-electron chi connectivity index (χ4n) is 5.58. The second kappa shape index (κ2) is 13.1. The second-order valence-electron chi connectivity index (χ2n) is 11.1. The Morgan fingerprint density at radius 2 is 1.48 bits per heavy atom. The summed E-state index contributed by atoms with van der Waals surface area (Å²) in [4.78, 5) is 7.14. The third kappa shape index (κ3) is 7.03.